The molecule has 1 amide bonds. The fourth-order valence-electron chi connectivity index (χ4n) is 2.05. The summed E-state index contributed by atoms with van der Waals surface area (Å²) in [5.41, 5.74) is 0.675. The molecule has 0 bridgehead atoms. The third-order valence-corrected chi connectivity index (χ3v) is 4.03. The van der Waals surface area contributed by atoms with Crippen molar-refractivity contribution in [2.24, 2.45) is 0 Å². The predicted octanol–water partition coefficient (Wildman–Crippen LogP) is 6.18. The van der Waals surface area contributed by atoms with Crippen LogP contribution in [0.4, 0.5) is 5.69 Å². The molecule has 0 spiro atoms. The number of carbonyl (C=O) groups excluding carboxylic acids is 1. The van der Waals surface area contributed by atoms with Gasteiger partial charge in [-0.3, -0.25) is 4.79 Å². The second kappa shape index (κ2) is 10.2. The van der Waals surface area contributed by atoms with Gasteiger partial charge in [0.2, 0.25) is 5.91 Å². The summed E-state index contributed by atoms with van der Waals surface area (Å²) in [5.74, 6) is 0.0403. The van der Waals surface area contributed by atoms with Gasteiger partial charge < -0.3 is 5.32 Å². The lowest BCUT2D eigenvalue weighted by molar-refractivity contribution is -0.116. The Morgan fingerprint density at radius 2 is 1.80 bits per heavy atom. The Hall–Kier alpha value is -0.540. The first-order valence-electron chi connectivity index (χ1n) is 7.38. The number of hydrogen-bond acceptors (Lipinski definition) is 1. The highest BCUT2D eigenvalue weighted by Crippen LogP contribution is 2.25. The van der Waals surface area contributed by atoms with E-state index in [1.807, 2.05) is 12.1 Å². The van der Waals surface area contributed by atoms with Gasteiger partial charge in [-0.05, 0) is 24.6 Å². The molecule has 112 valence electrons. The first-order valence-corrected chi connectivity index (χ1v) is 8.55. The molecule has 0 unspecified atom stereocenters. The molecule has 0 radical (unpaired) electrons. The summed E-state index contributed by atoms with van der Waals surface area (Å²) in [7, 11) is 0. The maximum atomic E-state index is 11.8. The summed E-state index contributed by atoms with van der Waals surface area (Å²) >= 11 is 9.41. The molecule has 1 rings (SSSR count). The van der Waals surface area contributed by atoms with Crippen LogP contribution in [0.15, 0.2) is 22.7 Å². The van der Waals surface area contributed by atoms with Crippen molar-refractivity contribution in [3.63, 3.8) is 0 Å². The normalized spacial score (nSPS) is 10.6. The average molecular weight is 361 g/mol. The van der Waals surface area contributed by atoms with E-state index in [-0.39, 0.29) is 5.91 Å². The molecule has 0 aliphatic carbocycles. The number of carbonyl (C=O) groups is 1. The summed E-state index contributed by atoms with van der Waals surface area (Å²) in [4.78, 5) is 11.8. The van der Waals surface area contributed by atoms with Crippen LogP contribution in [0.2, 0.25) is 5.02 Å². The third kappa shape index (κ3) is 7.30. The zero-order valence-corrected chi connectivity index (χ0v) is 14.4. The fraction of sp³-hybridized carbons (Fsp3) is 0.562. The van der Waals surface area contributed by atoms with Crippen LogP contribution in [0.3, 0.4) is 0 Å². The van der Waals surface area contributed by atoms with Gasteiger partial charge in [0.15, 0.2) is 0 Å². The lowest BCUT2D eigenvalue weighted by Crippen LogP contribution is -2.11. The molecule has 0 heterocycles. The Labute approximate surface area is 135 Å². The Balaban J connectivity index is 2.19. The van der Waals surface area contributed by atoms with Crippen LogP contribution in [0.25, 0.3) is 0 Å². The van der Waals surface area contributed by atoms with Crippen LogP contribution in [-0.4, -0.2) is 5.91 Å². The molecule has 1 aromatic carbocycles. The van der Waals surface area contributed by atoms with Crippen molar-refractivity contribution < 1.29 is 4.79 Å². The van der Waals surface area contributed by atoms with E-state index in [1.54, 1.807) is 6.07 Å². The van der Waals surface area contributed by atoms with Crippen molar-refractivity contribution in [1.29, 1.82) is 0 Å². The molecule has 0 aliphatic heterocycles. The minimum atomic E-state index is 0.0403. The number of unbranched alkanes of at least 4 members (excludes halogenated alkanes) is 6. The summed E-state index contributed by atoms with van der Waals surface area (Å²) in [5, 5.41) is 3.43. The van der Waals surface area contributed by atoms with Crippen molar-refractivity contribution >= 4 is 39.1 Å². The van der Waals surface area contributed by atoms with E-state index >= 15 is 0 Å². The van der Waals surface area contributed by atoms with Gasteiger partial charge in [0, 0.05) is 10.9 Å². The summed E-state index contributed by atoms with van der Waals surface area (Å²) < 4.78 is 0.910. The van der Waals surface area contributed by atoms with Gasteiger partial charge in [0.1, 0.15) is 0 Å². The average Bonchev–Trinajstić information content (AvgIpc) is 2.42. The van der Waals surface area contributed by atoms with Crippen LogP contribution in [0, 0.1) is 0 Å². The van der Waals surface area contributed by atoms with Crippen LogP contribution in [-0.2, 0) is 4.79 Å². The van der Waals surface area contributed by atoms with E-state index in [1.165, 1.54) is 32.1 Å². The van der Waals surface area contributed by atoms with E-state index in [0.717, 1.165) is 17.3 Å². The van der Waals surface area contributed by atoms with Crippen molar-refractivity contribution in [2.45, 2.75) is 58.3 Å². The second-order valence-electron chi connectivity index (χ2n) is 5.04. The molecule has 20 heavy (non-hydrogen) atoms. The largest absolute Gasteiger partial charge is 0.325 e. The molecule has 0 saturated carbocycles. The van der Waals surface area contributed by atoms with Gasteiger partial charge in [0.05, 0.1) is 10.7 Å². The van der Waals surface area contributed by atoms with E-state index in [9.17, 15) is 4.79 Å². The number of hydrogen-bond donors (Lipinski definition) is 1. The summed E-state index contributed by atoms with van der Waals surface area (Å²) in [6, 6.07) is 5.45. The molecule has 0 aromatic heterocycles. The van der Waals surface area contributed by atoms with Gasteiger partial charge in [-0.15, -0.1) is 0 Å². The number of anilines is 1. The van der Waals surface area contributed by atoms with Gasteiger partial charge in [0.25, 0.3) is 0 Å². The Kier molecular flexibility index (Phi) is 8.95. The number of nitrogens with one attached hydrogen (secondary N) is 1. The van der Waals surface area contributed by atoms with Gasteiger partial charge in [-0.2, -0.15) is 0 Å². The maximum absolute atomic E-state index is 11.8. The van der Waals surface area contributed by atoms with Crippen LogP contribution in [0.1, 0.15) is 58.3 Å². The van der Waals surface area contributed by atoms with Gasteiger partial charge >= 0.3 is 0 Å². The molecular weight excluding hydrogens is 338 g/mol. The number of halogens is 2. The summed E-state index contributed by atoms with van der Waals surface area (Å²) in [6.45, 7) is 2.22. The lowest BCUT2D eigenvalue weighted by Gasteiger charge is -2.07. The van der Waals surface area contributed by atoms with Gasteiger partial charge in [-0.1, -0.05) is 73.0 Å². The molecular formula is C16H23BrClNO. The van der Waals surface area contributed by atoms with Crippen molar-refractivity contribution in [1.82, 2.24) is 0 Å². The molecule has 2 nitrogen and oxygen atoms in total. The quantitative estimate of drug-likeness (QED) is 0.523. The first kappa shape index (κ1) is 17.5. The van der Waals surface area contributed by atoms with Gasteiger partial charge in [-0.25, -0.2) is 0 Å². The van der Waals surface area contributed by atoms with E-state index in [0.29, 0.717) is 17.1 Å². The minimum Gasteiger partial charge on any atom is -0.325 e. The van der Waals surface area contributed by atoms with E-state index in [4.69, 9.17) is 11.6 Å². The molecule has 1 N–H and O–H groups in total. The first-order chi connectivity index (χ1) is 9.63. The fourth-order valence-corrected chi connectivity index (χ4v) is 2.57. The lowest BCUT2D eigenvalue weighted by atomic mass is 10.1. The monoisotopic (exact) mass is 359 g/mol. The molecule has 0 saturated heterocycles. The Bertz CT molecular complexity index is 423. The smallest absolute Gasteiger partial charge is 0.224 e. The zero-order valence-electron chi connectivity index (χ0n) is 12.1. The molecule has 0 fully saturated rings. The summed E-state index contributed by atoms with van der Waals surface area (Å²) in [6.07, 6.45) is 9.06. The van der Waals surface area contributed by atoms with Crippen molar-refractivity contribution in [3.8, 4) is 0 Å². The number of amides is 1. The second-order valence-corrected chi connectivity index (χ2v) is 6.37. The number of benzene rings is 1. The highest BCUT2D eigenvalue weighted by atomic mass is 79.9. The van der Waals surface area contributed by atoms with Crippen molar-refractivity contribution in [2.75, 3.05) is 5.32 Å². The molecule has 0 atom stereocenters. The minimum absolute atomic E-state index is 0.0403. The van der Waals surface area contributed by atoms with Crippen molar-refractivity contribution in [3.05, 3.63) is 27.7 Å². The Morgan fingerprint density at radius 1 is 1.15 bits per heavy atom. The highest BCUT2D eigenvalue weighted by molar-refractivity contribution is 9.10. The van der Waals surface area contributed by atoms with E-state index in [2.05, 4.69) is 28.2 Å². The predicted molar refractivity (Wildman–Crippen MR) is 90.4 cm³/mol. The standard InChI is InChI=1S/C16H23BrClNO/c1-2-3-4-5-6-7-8-9-16(20)19-15-12-13(17)10-11-14(15)18/h10-12H,2-9H2,1H3,(H,19,20). The molecule has 1 aromatic rings. The Morgan fingerprint density at radius 3 is 2.50 bits per heavy atom. The van der Waals surface area contributed by atoms with Crippen LogP contribution in [0.5, 0.6) is 0 Å². The molecule has 4 heteroatoms. The maximum Gasteiger partial charge on any atom is 0.224 e. The van der Waals surface area contributed by atoms with E-state index < -0.39 is 0 Å². The SMILES string of the molecule is CCCCCCCCCC(=O)Nc1cc(Br)ccc1Cl. The topological polar surface area (TPSA) is 29.1 Å². The van der Waals surface area contributed by atoms with Crippen LogP contribution >= 0.6 is 27.5 Å². The number of rotatable bonds is 9. The zero-order chi connectivity index (χ0) is 14.8. The highest BCUT2D eigenvalue weighted by Gasteiger charge is 2.06. The van der Waals surface area contributed by atoms with Crippen LogP contribution < -0.4 is 5.32 Å². The third-order valence-electron chi connectivity index (χ3n) is 3.21. The molecule has 0 aliphatic rings.